The van der Waals surface area contributed by atoms with Gasteiger partial charge in [-0.05, 0) is 26.3 Å². The molecule has 0 bridgehead atoms. The first-order valence-corrected chi connectivity index (χ1v) is 7.01. The van der Waals surface area contributed by atoms with Gasteiger partial charge in [-0.25, -0.2) is 4.98 Å². The van der Waals surface area contributed by atoms with Crippen LogP contribution in [-0.4, -0.2) is 40.5 Å². The molecule has 18 heavy (non-hydrogen) atoms. The summed E-state index contributed by atoms with van der Waals surface area (Å²) in [6.45, 7) is 8.92. The number of rotatable bonds is 5. The molecular formula is C14H26N4. The molecule has 2 rings (SSSR count). The lowest BCUT2D eigenvalue weighted by molar-refractivity contribution is 0.201. The number of imidazole rings is 1. The molecule has 1 aliphatic rings. The van der Waals surface area contributed by atoms with E-state index in [1.54, 1.807) is 6.33 Å². The summed E-state index contributed by atoms with van der Waals surface area (Å²) in [5, 5.41) is 3.59. The van der Waals surface area contributed by atoms with Gasteiger partial charge in [-0.2, -0.15) is 0 Å². The van der Waals surface area contributed by atoms with Crippen molar-refractivity contribution in [2.24, 2.45) is 5.92 Å². The molecule has 0 aliphatic carbocycles. The van der Waals surface area contributed by atoms with Crippen molar-refractivity contribution >= 4 is 0 Å². The van der Waals surface area contributed by atoms with Gasteiger partial charge in [0.05, 0.1) is 17.7 Å². The second-order valence-electron chi connectivity index (χ2n) is 6.03. The minimum atomic E-state index is 0.528. The zero-order chi connectivity index (χ0) is 13.1. The maximum absolute atomic E-state index is 4.39. The highest BCUT2D eigenvalue weighted by Crippen LogP contribution is 2.15. The number of aromatic amines is 1. The van der Waals surface area contributed by atoms with Crippen LogP contribution in [0.2, 0.25) is 0 Å². The Bertz CT molecular complexity index is 372. The van der Waals surface area contributed by atoms with E-state index < -0.39 is 0 Å². The molecule has 1 aromatic rings. The Balaban J connectivity index is 1.84. The molecule has 0 saturated carbocycles. The largest absolute Gasteiger partial charge is 0.347 e. The summed E-state index contributed by atoms with van der Waals surface area (Å²) >= 11 is 0. The maximum Gasteiger partial charge on any atom is 0.0925 e. The lowest BCUT2D eigenvalue weighted by atomic mass is 10.0. The summed E-state index contributed by atoms with van der Waals surface area (Å²) < 4.78 is 0. The molecule has 2 N–H and O–H groups in total. The third-order valence-electron chi connectivity index (χ3n) is 3.89. The number of nitrogens with zero attached hydrogens (tertiary/aromatic N) is 2. The van der Waals surface area contributed by atoms with E-state index >= 15 is 0 Å². The minimum Gasteiger partial charge on any atom is -0.347 e. The first kappa shape index (κ1) is 13.6. The SMILES string of the molecule is CC(C)CC(C)N(C)CC1Cc2nc[nH]c2CN1. The van der Waals surface area contributed by atoms with E-state index in [1.807, 2.05) is 0 Å². The van der Waals surface area contributed by atoms with Crippen LogP contribution >= 0.6 is 0 Å². The van der Waals surface area contributed by atoms with Crippen molar-refractivity contribution in [3.05, 3.63) is 17.7 Å². The lowest BCUT2D eigenvalue weighted by Gasteiger charge is -2.32. The molecule has 0 radical (unpaired) electrons. The summed E-state index contributed by atoms with van der Waals surface area (Å²) in [4.78, 5) is 10.1. The lowest BCUT2D eigenvalue weighted by Crippen LogP contribution is -2.46. The third-order valence-corrected chi connectivity index (χ3v) is 3.89. The number of fused-ring (bicyclic) bond motifs is 1. The molecule has 4 heteroatoms. The third kappa shape index (κ3) is 3.33. The monoisotopic (exact) mass is 250 g/mol. The Hall–Kier alpha value is -0.870. The Morgan fingerprint density at radius 1 is 1.44 bits per heavy atom. The number of nitrogens with one attached hydrogen (secondary N) is 2. The van der Waals surface area contributed by atoms with E-state index in [2.05, 4.69) is 48.0 Å². The van der Waals surface area contributed by atoms with Crippen molar-refractivity contribution in [1.29, 1.82) is 0 Å². The van der Waals surface area contributed by atoms with Gasteiger partial charge in [0.2, 0.25) is 0 Å². The van der Waals surface area contributed by atoms with Gasteiger partial charge in [0, 0.05) is 31.6 Å². The highest BCUT2D eigenvalue weighted by atomic mass is 15.2. The van der Waals surface area contributed by atoms with Crippen LogP contribution < -0.4 is 5.32 Å². The van der Waals surface area contributed by atoms with E-state index in [0.29, 0.717) is 12.1 Å². The van der Waals surface area contributed by atoms with Gasteiger partial charge in [0.25, 0.3) is 0 Å². The number of hydrogen-bond acceptors (Lipinski definition) is 3. The van der Waals surface area contributed by atoms with Crippen LogP contribution in [0, 0.1) is 5.92 Å². The van der Waals surface area contributed by atoms with Crippen LogP contribution in [0.25, 0.3) is 0 Å². The maximum atomic E-state index is 4.39. The van der Waals surface area contributed by atoms with Gasteiger partial charge in [0.15, 0.2) is 0 Å². The van der Waals surface area contributed by atoms with Crippen LogP contribution in [0.5, 0.6) is 0 Å². The van der Waals surface area contributed by atoms with Gasteiger partial charge in [-0.3, -0.25) is 0 Å². The van der Waals surface area contributed by atoms with Crippen molar-refractivity contribution in [1.82, 2.24) is 20.2 Å². The second kappa shape index (κ2) is 5.85. The average Bonchev–Trinajstić information content (AvgIpc) is 2.75. The van der Waals surface area contributed by atoms with Crippen molar-refractivity contribution < 1.29 is 0 Å². The topological polar surface area (TPSA) is 44.0 Å². The predicted octanol–water partition coefficient (Wildman–Crippen LogP) is 1.79. The normalized spacial score (nSPS) is 21.3. The molecule has 0 saturated heterocycles. The molecule has 0 fully saturated rings. The number of H-pyrrole nitrogens is 1. The van der Waals surface area contributed by atoms with Crippen LogP contribution in [0.4, 0.5) is 0 Å². The smallest absolute Gasteiger partial charge is 0.0925 e. The first-order valence-electron chi connectivity index (χ1n) is 7.01. The highest BCUT2D eigenvalue weighted by molar-refractivity contribution is 5.15. The van der Waals surface area contributed by atoms with Gasteiger partial charge >= 0.3 is 0 Å². The fraction of sp³-hybridized carbons (Fsp3) is 0.786. The standard InChI is InChI=1S/C14H26N4/c1-10(2)5-11(3)18(4)8-12-6-13-14(7-15-12)17-9-16-13/h9-12,15H,5-8H2,1-4H3,(H,16,17). The molecule has 0 aromatic carbocycles. The van der Waals surface area contributed by atoms with E-state index in [1.165, 1.54) is 17.8 Å². The first-order chi connectivity index (χ1) is 8.56. The number of likely N-dealkylation sites (N-methyl/N-ethyl adjacent to an activating group) is 1. The molecule has 2 unspecified atom stereocenters. The second-order valence-corrected chi connectivity index (χ2v) is 6.03. The molecular weight excluding hydrogens is 224 g/mol. The van der Waals surface area contributed by atoms with Crippen molar-refractivity contribution in [2.75, 3.05) is 13.6 Å². The number of hydrogen-bond donors (Lipinski definition) is 2. The zero-order valence-corrected chi connectivity index (χ0v) is 12.0. The average molecular weight is 250 g/mol. The summed E-state index contributed by atoms with van der Waals surface area (Å²) in [6, 6.07) is 1.17. The van der Waals surface area contributed by atoms with Crippen LogP contribution in [0.15, 0.2) is 6.33 Å². The summed E-state index contributed by atoms with van der Waals surface area (Å²) in [7, 11) is 2.23. The zero-order valence-electron chi connectivity index (χ0n) is 12.0. The van der Waals surface area contributed by atoms with E-state index in [4.69, 9.17) is 0 Å². The molecule has 4 nitrogen and oxygen atoms in total. The van der Waals surface area contributed by atoms with E-state index in [0.717, 1.165) is 25.4 Å². The molecule has 2 atom stereocenters. The summed E-state index contributed by atoms with van der Waals surface area (Å²) in [6.07, 6.45) is 4.11. The van der Waals surface area contributed by atoms with Crippen LogP contribution in [-0.2, 0) is 13.0 Å². The van der Waals surface area contributed by atoms with Crippen molar-refractivity contribution in [3.8, 4) is 0 Å². The van der Waals surface area contributed by atoms with Gasteiger partial charge in [-0.1, -0.05) is 13.8 Å². The van der Waals surface area contributed by atoms with Crippen molar-refractivity contribution in [2.45, 2.75) is 52.2 Å². The quantitative estimate of drug-likeness (QED) is 0.837. The summed E-state index contributed by atoms with van der Waals surface area (Å²) in [5.41, 5.74) is 2.49. The molecule has 0 spiro atoms. The van der Waals surface area contributed by atoms with Crippen molar-refractivity contribution in [3.63, 3.8) is 0 Å². The molecule has 102 valence electrons. The molecule has 1 aromatic heterocycles. The van der Waals surface area contributed by atoms with E-state index in [9.17, 15) is 0 Å². The van der Waals surface area contributed by atoms with Crippen LogP contribution in [0.1, 0.15) is 38.6 Å². The Morgan fingerprint density at radius 3 is 2.94 bits per heavy atom. The van der Waals surface area contributed by atoms with Gasteiger partial charge < -0.3 is 15.2 Å². The fourth-order valence-electron chi connectivity index (χ4n) is 2.75. The minimum absolute atomic E-state index is 0.528. The summed E-state index contributed by atoms with van der Waals surface area (Å²) in [5.74, 6) is 0.764. The Kier molecular flexibility index (Phi) is 4.40. The Morgan fingerprint density at radius 2 is 2.22 bits per heavy atom. The van der Waals surface area contributed by atoms with E-state index in [-0.39, 0.29) is 0 Å². The van der Waals surface area contributed by atoms with Gasteiger partial charge in [-0.15, -0.1) is 0 Å². The highest BCUT2D eigenvalue weighted by Gasteiger charge is 2.22. The number of aromatic nitrogens is 2. The molecule has 0 amide bonds. The van der Waals surface area contributed by atoms with Crippen LogP contribution in [0.3, 0.4) is 0 Å². The van der Waals surface area contributed by atoms with Gasteiger partial charge in [0.1, 0.15) is 0 Å². The molecule has 2 heterocycles. The predicted molar refractivity (Wildman–Crippen MR) is 74.5 cm³/mol. The molecule has 1 aliphatic heterocycles. The fourth-order valence-corrected chi connectivity index (χ4v) is 2.75. The Labute approximate surface area is 110 Å².